The highest BCUT2D eigenvalue weighted by Gasteiger charge is 2.54. The van der Waals surface area contributed by atoms with Gasteiger partial charge in [0.25, 0.3) is 0 Å². The van der Waals surface area contributed by atoms with Crippen LogP contribution < -0.4 is 14.2 Å². The Morgan fingerprint density at radius 2 is 1.59 bits per heavy atom. The first-order valence-electron chi connectivity index (χ1n) is 14.4. The van der Waals surface area contributed by atoms with E-state index in [4.69, 9.17) is 14.2 Å². The summed E-state index contributed by atoms with van der Waals surface area (Å²) in [5.41, 5.74) is 1.02. The summed E-state index contributed by atoms with van der Waals surface area (Å²) in [5, 5.41) is 10.4. The van der Waals surface area contributed by atoms with E-state index in [-0.39, 0.29) is 42.5 Å². The van der Waals surface area contributed by atoms with Gasteiger partial charge in [0.1, 0.15) is 17.3 Å². The summed E-state index contributed by atoms with van der Waals surface area (Å²) in [6.45, 7) is 0.629. The third-order valence-corrected chi connectivity index (χ3v) is 8.22. The molecule has 1 saturated heterocycles. The Morgan fingerprint density at radius 1 is 0.932 bits per heavy atom. The predicted octanol–water partition coefficient (Wildman–Crippen LogP) is 5.44. The van der Waals surface area contributed by atoms with Crippen LogP contribution in [0.4, 0.5) is 9.18 Å². The Morgan fingerprint density at radius 3 is 2.18 bits per heavy atom. The van der Waals surface area contributed by atoms with Crippen LogP contribution in [0.3, 0.4) is 0 Å². The molecule has 0 bridgehead atoms. The molecule has 1 aliphatic heterocycles. The third kappa shape index (κ3) is 6.12. The van der Waals surface area contributed by atoms with Gasteiger partial charge in [0, 0.05) is 43.6 Å². The van der Waals surface area contributed by atoms with Crippen LogP contribution in [0, 0.1) is 11.2 Å². The Balaban J connectivity index is 1.12. The van der Waals surface area contributed by atoms with Crippen molar-refractivity contribution in [3.05, 3.63) is 89.9 Å². The van der Waals surface area contributed by atoms with Gasteiger partial charge in [-0.05, 0) is 66.8 Å². The zero-order chi connectivity index (χ0) is 30.8. The average Bonchev–Trinajstić information content (AvgIpc) is 3.73. The number of Topliss-reactive ketones (excluding diaryl/α,β-unsaturated/α-hetero) is 2. The zero-order valence-electron chi connectivity index (χ0n) is 24.1. The van der Waals surface area contributed by atoms with Gasteiger partial charge in [-0.25, -0.2) is 9.18 Å². The second kappa shape index (κ2) is 12.0. The Kier molecular flexibility index (Phi) is 8.01. The number of hydrogen-bond acceptors (Lipinski definition) is 8. The number of carbonyl (C=O) groups excluding carboxylic acids is 3. The molecule has 1 N–H and O–H groups in total. The Labute approximate surface area is 253 Å². The van der Waals surface area contributed by atoms with E-state index < -0.39 is 17.6 Å². The molecular weight excluding hydrogens is 567 g/mol. The van der Waals surface area contributed by atoms with E-state index in [0.29, 0.717) is 59.5 Å². The molecule has 2 aliphatic rings. The zero-order valence-corrected chi connectivity index (χ0v) is 24.1. The van der Waals surface area contributed by atoms with Crippen molar-refractivity contribution >= 4 is 28.6 Å². The topological polar surface area (TPSA) is 115 Å². The van der Waals surface area contributed by atoms with Gasteiger partial charge >= 0.3 is 6.09 Å². The fraction of sp³-hybridized carbons (Fsp3) is 0.294. The molecule has 2 heterocycles. The quantitative estimate of drug-likeness (QED) is 0.240. The molecule has 0 unspecified atom stereocenters. The van der Waals surface area contributed by atoms with Crippen LogP contribution in [0.25, 0.3) is 10.9 Å². The van der Waals surface area contributed by atoms with Crippen molar-refractivity contribution in [1.82, 2.24) is 9.88 Å². The molecular formula is C34H31FN2O7. The summed E-state index contributed by atoms with van der Waals surface area (Å²) in [7, 11) is 1.47. The molecule has 226 valence electrons. The molecule has 0 spiro atoms. The number of amides is 1. The van der Waals surface area contributed by atoms with Crippen molar-refractivity contribution in [1.29, 1.82) is 0 Å². The second-order valence-corrected chi connectivity index (χ2v) is 11.2. The molecule has 4 aromatic rings. The second-order valence-electron chi connectivity index (χ2n) is 11.2. The molecule has 6 rings (SSSR count). The van der Waals surface area contributed by atoms with E-state index in [1.54, 1.807) is 60.8 Å². The van der Waals surface area contributed by atoms with Gasteiger partial charge in [0.15, 0.2) is 23.1 Å². The number of hydrogen-bond donors (Lipinski definition) is 1. The van der Waals surface area contributed by atoms with Crippen LogP contribution in [-0.4, -0.2) is 59.0 Å². The van der Waals surface area contributed by atoms with Crippen LogP contribution in [0.5, 0.6) is 23.0 Å². The molecule has 9 nitrogen and oxygen atoms in total. The maximum atomic E-state index is 13.2. The summed E-state index contributed by atoms with van der Waals surface area (Å²) in [6.07, 6.45) is 2.26. The maximum Gasteiger partial charge on any atom is 0.415 e. The molecule has 44 heavy (non-hydrogen) atoms. The Bertz CT molecular complexity index is 1720. The fourth-order valence-electron chi connectivity index (χ4n) is 5.47. The van der Waals surface area contributed by atoms with Gasteiger partial charge in [-0.1, -0.05) is 24.3 Å². The van der Waals surface area contributed by atoms with E-state index in [9.17, 15) is 23.9 Å². The number of ether oxygens (including phenoxy) is 3. The lowest BCUT2D eigenvalue weighted by atomic mass is 9.88. The Hall–Kier alpha value is -4.83. The van der Waals surface area contributed by atoms with Gasteiger partial charge in [0.05, 0.1) is 24.1 Å². The van der Waals surface area contributed by atoms with Crippen LogP contribution in [0.15, 0.2) is 72.9 Å². The molecule has 2 fully saturated rings. The highest BCUT2D eigenvalue weighted by molar-refractivity contribution is 6.11. The van der Waals surface area contributed by atoms with Crippen LogP contribution in [0.1, 0.15) is 30.4 Å². The molecule has 1 aromatic heterocycles. The molecule has 1 amide bonds. The average molecular weight is 599 g/mol. The number of halogens is 1. The molecule has 1 atom stereocenters. The van der Waals surface area contributed by atoms with E-state index in [1.807, 2.05) is 0 Å². The summed E-state index contributed by atoms with van der Waals surface area (Å²) in [5.74, 6) is 0.958. The first-order valence-corrected chi connectivity index (χ1v) is 14.4. The van der Waals surface area contributed by atoms with E-state index >= 15 is 0 Å². The number of β-amino-alcohol motifs (C(OH)–C–C–N with tert-alkyl or cyclic N) is 1. The number of rotatable bonds is 10. The van der Waals surface area contributed by atoms with Gasteiger partial charge < -0.3 is 24.2 Å². The summed E-state index contributed by atoms with van der Waals surface area (Å²) in [4.78, 5) is 44.6. The van der Waals surface area contributed by atoms with E-state index in [1.165, 1.54) is 24.1 Å². The van der Waals surface area contributed by atoms with Crippen LogP contribution in [0.2, 0.25) is 0 Å². The van der Waals surface area contributed by atoms with Gasteiger partial charge in [-0.2, -0.15) is 0 Å². The van der Waals surface area contributed by atoms with E-state index in [0.717, 1.165) is 5.56 Å². The molecule has 10 heteroatoms. The van der Waals surface area contributed by atoms with Crippen LogP contribution >= 0.6 is 0 Å². The summed E-state index contributed by atoms with van der Waals surface area (Å²) < 4.78 is 30.4. The third-order valence-electron chi connectivity index (χ3n) is 8.22. The number of likely N-dealkylation sites (tertiary alicyclic amines) is 1. The van der Waals surface area contributed by atoms with Crippen LogP contribution in [-0.2, 0) is 22.4 Å². The van der Waals surface area contributed by atoms with Crippen molar-refractivity contribution in [2.45, 2.75) is 38.2 Å². The minimum absolute atomic E-state index is 0.107. The van der Waals surface area contributed by atoms with Crippen molar-refractivity contribution in [3.8, 4) is 23.0 Å². The predicted molar refractivity (Wildman–Crippen MR) is 159 cm³/mol. The number of aromatic nitrogens is 1. The van der Waals surface area contributed by atoms with Crippen molar-refractivity contribution in [3.63, 3.8) is 0 Å². The van der Waals surface area contributed by atoms with Gasteiger partial charge in [-0.3, -0.25) is 14.6 Å². The standard InChI is InChI=1S/C34H31FN2O7/c1-42-29-18-26-27(19-30(29)44-33(41)37-15-11-24(38)20-37)36-14-10-28(26)43-25-8-4-22(5-9-25)17-32(40)34(12-13-34)31(39)16-21-2-6-23(35)7-3-21/h2-10,14,18-19,24,38H,11-13,15-17,20H2,1H3/t24-/m0/s1. The van der Waals surface area contributed by atoms with E-state index in [2.05, 4.69) is 4.98 Å². The summed E-state index contributed by atoms with van der Waals surface area (Å²) in [6, 6.07) is 17.9. The first-order chi connectivity index (χ1) is 21.2. The SMILES string of the molecule is COc1cc2c(Oc3ccc(CC(=O)C4(C(=O)Cc5ccc(F)cc5)CC4)cc3)ccnc2cc1OC(=O)N1CC[C@H](O)C1. The normalized spacial score (nSPS) is 16.9. The number of aliphatic hydroxyl groups excluding tert-OH is 1. The molecule has 0 radical (unpaired) electrons. The first kappa shape index (κ1) is 29.3. The number of nitrogens with zero attached hydrogens (tertiary/aromatic N) is 2. The lowest BCUT2D eigenvalue weighted by molar-refractivity contribution is -0.133. The highest BCUT2D eigenvalue weighted by atomic mass is 19.1. The smallest absolute Gasteiger partial charge is 0.415 e. The largest absolute Gasteiger partial charge is 0.493 e. The fourth-order valence-corrected chi connectivity index (χ4v) is 5.47. The number of benzene rings is 3. The monoisotopic (exact) mass is 598 g/mol. The van der Waals surface area contributed by atoms with Crippen molar-refractivity contribution in [2.75, 3.05) is 20.2 Å². The number of ketones is 2. The number of pyridine rings is 1. The highest BCUT2D eigenvalue weighted by Crippen LogP contribution is 2.49. The maximum absolute atomic E-state index is 13.2. The molecule has 1 saturated carbocycles. The van der Waals surface area contributed by atoms with Gasteiger partial charge in [0.2, 0.25) is 0 Å². The number of methoxy groups -OCH3 is 1. The number of aliphatic hydroxyl groups is 1. The summed E-state index contributed by atoms with van der Waals surface area (Å²) >= 11 is 0. The lowest BCUT2D eigenvalue weighted by Crippen LogP contribution is -2.32. The minimum Gasteiger partial charge on any atom is -0.493 e. The molecule has 3 aromatic carbocycles. The van der Waals surface area contributed by atoms with Crippen molar-refractivity contribution in [2.24, 2.45) is 5.41 Å². The minimum atomic E-state index is -0.957. The number of fused-ring (bicyclic) bond motifs is 1. The van der Waals surface area contributed by atoms with Gasteiger partial charge in [-0.15, -0.1) is 0 Å². The number of carbonyl (C=O) groups is 3. The molecule has 1 aliphatic carbocycles. The van der Waals surface area contributed by atoms with Crippen molar-refractivity contribution < 1.29 is 38.1 Å². The lowest BCUT2D eigenvalue weighted by Gasteiger charge is -2.17.